The van der Waals surface area contributed by atoms with Gasteiger partial charge >= 0.3 is 0 Å². The number of carboxylic acid groups (broad SMARTS) is 1. The van der Waals surface area contributed by atoms with E-state index in [1.54, 1.807) is 19.4 Å². The second kappa shape index (κ2) is 7.96. The van der Waals surface area contributed by atoms with Gasteiger partial charge in [0.2, 0.25) is 15.9 Å². The average molecular weight is 372 g/mol. The highest BCUT2D eigenvalue weighted by Gasteiger charge is 2.47. The molecule has 9 nitrogen and oxygen atoms in total. The van der Waals surface area contributed by atoms with Crippen molar-refractivity contribution in [2.75, 3.05) is 31.9 Å². The molecule has 1 aromatic rings. The molecule has 1 amide bonds. The monoisotopic (exact) mass is 372 g/mol. The topological polar surface area (TPSA) is 113 Å². The summed E-state index contributed by atoms with van der Waals surface area (Å²) in [5.74, 6) is 0.204. The quantitative estimate of drug-likeness (QED) is 0.742. The molecule has 0 radical (unpaired) electrons. The summed E-state index contributed by atoms with van der Waals surface area (Å²) in [6.07, 6.45) is 7.18. The zero-order valence-electron chi connectivity index (χ0n) is 14.2. The van der Waals surface area contributed by atoms with E-state index in [-0.39, 0.29) is 18.1 Å². The number of nitrogens with zero attached hydrogens (tertiary/aromatic N) is 4. The fourth-order valence-corrected chi connectivity index (χ4v) is 4.33. The number of aromatic nitrogens is 2. The first kappa shape index (κ1) is 19.4. The van der Waals surface area contributed by atoms with Crippen LogP contribution in [-0.4, -0.2) is 76.6 Å². The van der Waals surface area contributed by atoms with Gasteiger partial charge in [0, 0.05) is 38.6 Å². The molecule has 0 spiro atoms. The summed E-state index contributed by atoms with van der Waals surface area (Å²) < 4.78 is 27.4. The first-order valence-electron chi connectivity index (χ1n) is 8.25. The Morgan fingerprint density at radius 3 is 2.28 bits per heavy atom. The summed E-state index contributed by atoms with van der Waals surface area (Å²) in [5.41, 5.74) is -0.684. The number of hydrogen-bond acceptors (Lipinski definition) is 5. The van der Waals surface area contributed by atoms with E-state index in [1.807, 2.05) is 15.7 Å². The molecule has 10 heteroatoms. The lowest BCUT2D eigenvalue weighted by Gasteiger charge is -2.45. The van der Waals surface area contributed by atoms with Crippen LogP contribution in [0, 0.1) is 0 Å². The largest absolute Gasteiger partial charge is 0.483 e. The van der Waals surface area contributed by atoms with Crippen molar-refractivity contribution in [2.24, 2.45) is 0 Å². The standard InChI is InChI=1S/C14H22N4O3S.CH2O2/c1-2-22(20,21)18-9-4-14(5-10-18,17-11-6-15-12-17)13(19)16-7-3-8-16;2-1-3/h6,11-12H,2-5,7-10H2,1H3;1H,(H,2,3). The van der Waals surface area contributed by atoms with Crippen molar-refractivity contribution in [3.8, 4) is 0 Å². The Bertz CT molecular complexity index is 677. The van der Waals surface area contributed by atoms with Gasteiger partial charge in [-0.25, -0.2) is 17.7 Å². The Kier molecular flexibility index (Phi) is 6.17. The van der Waals surface area contributed by atoms with E-state index in [4.69, 9.17) is 9.90 Å². The SMILES string of the molecule is CCS(=O)(=O)N1CCC(C(=O)N2CCC2)(n2ccnc2)CC1.O=CO. The molecule has 0 aromatic carbocycles. The van der Waals surface area contributed by atoms with Gasteiger partial charge in [-0.15, -0.1) is 0 Å². The number of carbonyl (C=O) groups is 2. The number of rotatable bonds is 4. The van der Waals surface area contributed by atoms with Gasteiger partial charge in [0.15, 0.2) is 0 Å². The minimum Gasteiger partial charge on any atom is -0.483 e. The summed E-state index contributed by atoms with van der Waals surface area (Å²) >= 11 is 0. The van der Waals surface area contributed by atoms with Crippen molar-refractivity contribution in [3.63, 3.8) is 0 Å². The molecule has 2 aliphatic heterocycles. The van der Waals surface area contributed by atoms with Crippen LogP contribution in [0.1, 0.15) is 26.2 Å². The van der Waals surface area contributed by atoms with Crippen LogP contribution < -0.4 is 0 Å². The molecule has 3 heterocycles. The number of sulfonamides is 1. The highest BCUT2D eigenvalue weighted by molar-refractivity contribution is 7.89. The lowest BCUT2D eigenvalue weighted by molar-refractivity contribution is -0.146. The van der Waals surface area contributed by atoms with Crippen LogP contribution in [0.4, 0.5) is 0 Å². The lowest BCUT2D eigenvalue weighted by Crippen LogP contribution is -2.59. The third-order valence-electron chi connectivity index (χ3n) is 4.85. The van der Waals surface area contributed by atoms with E-state index in [0.29, 0.717) is 25.9 Å². The van der Waals surface area contributed by atoms with Crippen LogP contribution in [0.25, 0.3) is 0 Å². The zero-order chi connectivity index (χ0) is 18.5. The van der Waals surface area contributed by atoms with E-state index in [2.05, 4.69) is 4.98 Å². The maximum absolute atomic E-state index is 12.9. The molecule has 3 rings (SSSR count). The van der Waals surface area contributed by atoms with Crippen LogP contribution in [0.5, 0.6) is 0 Å². The van der Waals surface area contributed by atoms with Crippen molar-refractivity contribution >= 4 is 22.4 Å². The van der Waals surface area contributed by atoms with Crippen LogP contribution in [0.15, 0.2) is 18.7 Å². The van der Waals surface area contributed by atoms with E-state index < -0.39 is 15.6 Å². The minimum absolute atomic E-state index is 0.102. The van der Waals surface area contributed by atoms with Gasteiger partial charge in [-0.1, -0.05) is 0 Å². The lowest BCUT2D eigenvalue weighted by atomic mass is 9.85. The number of carbonyl (C=O) groups excluding carboxylic acids is 1. The summed E-state index contributed by atoms with van der Waals surface area (Å²) in [6.45, 7) is 3.76. The third-order valence-corrected chi connectivity index (χ3v) is 6.73. The molecule has 0 aliphatic carbocycles. The fraction of sp³-hybridized carbons (Fsp3) is 0.667. The van der Waals surface area contributed by atoms with Crippen molar-refractivity contribution in [1.82, 2.24) is 18.8 Å². The minimum atomic E-state index is -3.19. The third kappa shape index (κ3) is 3.84. The summed E-state index contributed by atoms with van der Waals surface area (Å²) in [6, 6.07) is 0. The predicted octanol–water partition coefficient (Wildman–Crippen LogP) is -0.0430. The molecular formula is C15H24N4O5S. The summed E-state index contributed by atoms with van der Waals surface area (Å²) in [5, 5.41) is 6.89. The Morgan fingerprint density at radius 1 is 1.28 bits per heavy atom. The van der Waals surface area contributed by atoms with Crippen LogP contribution in [0.2, 0.25) is 0 Å². The van der Waals surface area contributed by atoms with E-state index in [9.17, 15) is 13.2 Å². The molecule has 1 aromatic heterocycles. The zero-order valence-corrected chi connectivity index (χ0v) is 15.1. The van der Waals surface area contributed by atoms with Crippen molar-refractivity contribution in [2.45, 2.75) is 31.7 Å². The Morgan fingerprint density at radius 2 is 1.88 bits per heavy atom. The molecule has 0 atom stereocenters. The van der Waals surface area contributed by atoms with Gasteiger partial charge in [0.05, 0.1) is 12.1 Å². The van der Waals surface area contributed by atoms with Crippen molar-refractivity contribution < 1.29 is 23.1 Å². The van der Waals surface area contributed by atoms with Crippen LogP contribution >= 0.6 is 0 Å². The number of hydrogen-bond donors (Lipinski definition) is 1. The van der Waals surface area contributed by atoms with Gasteiger partial charge < -0.3 is 14.6 Å². The molecule has 2 fully saturated rings. The normalized spacial score (nSPS) is 20.1. The molecule has 2 saturated heterocycles. The first-order chi connectivity index (χ1) is 11.9. The molecule has 140 valence electrons. The van der Waals surface area contributed by atoms with Crippen molar-refractivity contribution in [1.29, 1.82) is 0 Å². The molecule has 0 unspecified atom stereocenters. The smallest absolute Gasteiger partial charge is 0.290 e. The van der Waals surface area contributed by atoms with E-state index in [1.165, 1.54) is 4.31 Å². The Hall–Kier alpha value is -1.94. The Balaban J connectivity index is 0.000000701. The van der Waals surface area contributed by atoms with E-state index in [0.717, 1.165) is 19.5 Å². The summed E-state index contributed by atoms with van der Waals surface area (Å²) in [4.78, 5) is 27.2. The predicted molar refractivity (Wildman–Crippen MR) is 90.4 cm³/mol. The van der Waals surface area contributed by atoms with Crippen LogP contribution in [0.3, 0.4) is 0 Å². The maximum Gasteiger partial charge on any atom is 0.290 e. The average Bonchev–Trinajstić information content (AvgIpc) is 3.09. The first-order valence-corrected chi connectivity index (χ1v) is 9.85. The molecule has 2 aliphatic rings. The van der Waals surface area contributed by atoms with Crippen molar-refractivity contribution in [3.05, 3.63) is 18.7 Å². The number of likely N-dealkylation sites (tertiary alicyclic amines) is 1. The Labute approximate surface area is 147 Å². The van der Waals surface area contributed by atoms with Gasteiger partial charge in [0.1, 0.15) is 5.54 Å². The van der Waals surface area contributed by atoms with Crippen LogP contribution in [-0.2, 0) is 25.2 Å². The van der Waals surface area contributed by atoms with Gasteiger partial charge in [-0.2, -0.15) is 0 Å². The molecule has 0 saturated carbocycles. The van der Waals surface area contributed by atoms with Gasteiger partial charge in [-0.3, -0.25) is 9.59 Å². The molecule has 0 bridgehead atoms. The summed E-state index contributed by atoms with van der Waals surface area (Å²) in [7, 11) is -3.19. The van der Waals surface area contributed by atoms with E-state index >= 15 is 0 Å². The highest BCUT2D eigenvalue weighted by atomic mass is 32.2. The molecule has 25 heavy (non-hydrogen) atoms. The molecule has 1 N–H and O–H groups in total. The van der Waals surface area contributed by atoms with Gasteiger partial charge in [0.25, 0.3) is 6.47 Å². The van der Waals surface area contributed by atoms with Gasteiger partial charge in [-0.05, 0) is 26.2 Å². The highest BCUT2D eigenvalue weighted by Crippen LogP contribution is 2.34. The number of amides is 1. The fourth-order valence-electron chi connectivity index (χ4n) is 3.23. The maximum atomic E-state index is 12.9. The number of imidazole rings is 1. The second-order valence-electron chi connectivity index (χ2n) is 6.05. The number of piperidine rings is 1. The second-order valence-corrected chi connectivity index (χ2v) is 8.31. The molecular weight excluding hydrogens is 348 g/mol.